The van der Waals surface area contributed by atoms with Gasteiger partial charge in [0.25, 0.3) is 0 Å². The zero-order chi connectivity index (χ0) is 24.5. The predicted molar refractivity (Wildman–Crippen MR) is 145 cm³/mol. The smallest absolute Gasteiger partial charge is 0.163 e. The van der Waals surface area contributed by atoms with Crippen LogP contribution in [0.2, 0.25) is 0 Å². The molecule has 0 spiro atoms. The number of nitrogens with zero attached hydrogens (tertiary/aromatic N) is 3. The van der Waals surface area contributed by atoms with E-state index in [2.05, 4.69) is 36.6 Å². The summed E-state index contributed by atoms with van der Waals surface area (Å²) in [6.07, 6.45) is 5.49. The largest absolute Gasteiger partial charge is 0.355 e. The molecule has 0 amide bonds. The second kappa shape index (κ2) is 11.1. The van der Waals surface area contributed by atoms with Crippen molar-refractivity contribution in [1.29, 1.82) is 5.26 Å². The van der Waals surface area contributed by atoms with Crippen LogP contribution in [0.3, 0.4) is 0 Å². The Hall–Kier alpha value is -1.17. The molecule has 1 aliphatic carbocycles. The van der Waals surface area contributed by atoms with E-state index in [4.69, 9.17) is 27.0 Å². The first-order valence-electron chi connectivity index (χ1n) is 13.4. The molecule has 1 unspecified atom stereocenters. The number of thiocarbonyl (C=S) groups is 1. The normalized spacial score (nSPS) is 37.7. The molecule has 8 atom stereocenters. The van der Waals surface area contributed by atoms with Crippen LogP contribution in [-0.4, -0.2) is 58.9 Å². The number of rotatable bonds is 3. The van der Waals surface area contributed by atoms with Gasteiger partial charge in [0, 0.05) is 37.8 Å². The van der Waals surface area contributed by atoms with Crippen molar-refractivity contribution in [1.82, 2.24) is 9.80 Å². The van der Waals surface area contributed by atoms with E-state index < -0.39 is 0 Å². The van der Waals surface area contributed by atoms with Gasteiger partial charge in [-0.15, -0.1) is 0 Å². The summed E-state index contributed by atoms with van der Waals surface area (Å²) in [5, 5.41) is 8.98. The Balaban J connectivity index is 1.17. The Morgan fingerprint density at radius 1 is 1.00 bits per heavy atom. The molecular weight excluding hydrogens is 474 g/mol. The van der Waals surface area contributed by atoms with Gasteiger partial charge in [-0.1, -0.05) is 56.4 Å². The van der Waals surface area contributed by atoms with Gasteiger partial charge in [-0.05, 0) is 67.6 Å². The summed E-state index contributed by atoms with van der Waals surface area (Å²) >= 11 is 7.50. The number of piperazine rings is 1. The lowest BCUT2D eigenvalue weighted by Crippen LogP contribution is -2.61. The van der Waals surface area contributed by atoms with Gasteiger partial charge in [-0.3, -0.25) is 4.90 Å². The highest BCUT2D eigenvalue weighted by molar-refractivity contribution is 8.22. The average molecular weight is 514 g/mol. The van der Waals surface area contributed by atoms with Gasteiger partial charge in [0.15, 0.2) is 6.29 Å². The Kier molecular flexibility index (Phi) is 8.05. The van der Waals surface area contributed by atoms with Crippen molar-refractivity contribution in [3.05, 3.63) is 35.4 Å². The van der Waals surface area contributed by atoms with Crippen molar-refractivity contribution >= 4 is 28.3 Å². The summed E-state index contributed by atoms with van der Waals surface area (Å²) in [4.78, 5) is 4.90. The maximum absolute atomic E-state index is 8.98. The van der Waals surface area contributed by atoms with Crippen molar-refractivity contribution < 1.29 is 9.47 Å². The summed E-state index contributed by atoms with van der Waals surface area (Å²) in [5.41, 5.74) is 1.90. The highest BCUT2D eigenvalue weighted by Gasteiger charge is 2.53. The first-order valence-corrected chi connectivity index (χ1v) is 14.8. The third-order valence-corrected chi connectivity index (χ3v) is 10.6. The molecule has 35 heavy (non-hydrogen) atoms. The molecule has 3 saturated heterocycles. The molecule has 5 nitrogen and oxygen atoms in total. The SMILES string of the molecule is C[C@@H]1[C@@H]2CC[C@@H](C)[C@@H]3CC[C@H](C)O[C@@H](O[C@H]1N1CCN(C(=S)SCc4ccc(C#N)cc4)CC1)C23. The zero-order valence-electron chi connectivity index (χ0n) is 21.3. The topological polar surface area (TPSA) is 48.7 Å². The molecule has 1 aromatic carbocycles. The molecule has 4 fully saturated rings. The van der Waals surface area contributed by atoms with E-state index in [1.165, 1.54) is 24.8 Å². The van der Waals surface area contributed by atoms with Gasteiger partial charge in [0.2, 0.25) is 0 Å². The second-order valence-corrected chi connectivity index (χ2v) is 12.7. The van der Waals surface area contributed by atoms with Crippen LogP contribution in [0, 0.1) is 40.9 Å². The van der Waals surface area contributed by atoms with Gasteiger partial charge in [-0.25, -0.2) is 0 Å². The summed E-state index contributed by atoms with van der Waals surface area (Å²) in [7, 11) is 0. The lowest BCUT2D eigenvalue weighted by molar-refractivity contribution is -0.306. The van der Waals surface area contributed by atoms with Crippen LogP contribution >= 0.6 is 24.0 Å². The molecule has 4 aliphatic rings. The quantitative estimate of drug-likeness (QED) is 0.495. The molecule has 1 aromatic rings. The van der Waals surface area contributed by atoms with E-state index in [1.54, 1.807) is 11.8 Å². The fourth-order valence-electron chi connectivity index (χ4n) is 6.95. The summed E-state index contributed by atoms with van der Waals surface area (Å²) in [6.45, 7) is 11.0. The molecular formula is C28H39N3O2S2. The van der Waals surface area contributed by atoms with Crippen LogP contribution in [0.15, 0.2) is 24.3 Å². The van der Waals surface area contributed by atoms with Crippen LogP contribution in [-0.2, 0) is 15.2 Å². The fourth-order valence-corrected chi connectivity index (χ4v) is 8.16. The highest BCUT2D eigenvalue weighted by Crippen LogP contribution is 2.52. The van der Waals surface area contributed by atoms with E-state index in [9.17, 15) is 0 Å². The maximum Gasteiger partial charge on any atom is 0.163 e. The predicted octanol–water partition coefficient (Wildman–Crippen LogP) is 5.49. The summed E-state index contributed by atoms with van der Waals surface area (Å²) in [6, 6.07) is 9.97. The first-order chi connectivity index (χ1) is 16.9. The zero-order valence-corrected chi connectivity index (χ0v) is 22.9. The van der Waals surface area contributed by atoms with Gasteiger partial charge in [0.05, 0.1) is 17.7 Å². The van der Waals surface area contributed by atoms with Crippen LogP contribution in [0.5, 0.6) is 0 Å². The van der Waals surface area contributed by atoms with E-state index in [0.29, 0.717) is 23.3 Å². The van der Waals surface area contributed by atoms with Crippen molar-refractivity contribution in [2.24, 2.45) is 29.6 Å². The maximum atomic E-state index is 8.98. The number of hydrogen-bond acceptors (Lipinski definition) is 6. The summed E-state index contributed by atoms with van der Waals surface area (Å²) in [5.74, 6) is 4.16. The number of nitriles is 1. The van der Waals surface area contributed by atoms with Crippen molar-refractivity contribution in [2.75, 3.05) is 26.2 Å². The Morgan fingerprint density at radius 3 is 2.43 bits per heavy atom. The van der Waals surface area contributed by atoms with Crippen LogP contribution < -0.4 is 0 Å². The van der Waals surface area contributed by atoms with E-state index in [1.807, 2.05) is 24.3 Å². The number of ether oxygens (including phenoxy) is 2. The van der Waals surface area contributed by atoms with E-state index in [-0.39, 0.29) is 18.6 Å². The standard InChI is InChI=1S/C28H39N3O2S2/c1-18-4-10-24-20(3)26(33-27-25(24)23(18)11-5-19(2)32-27)30-12-14-31(15-13-30)28(34)35-17-22-8-6-21(16-29)7-9-22/h6-9,18-20,23-27H,4-5,10-15,17H2,1-3H3/t18-,19+,20-,23+,24+,25?,26-,27+/m1/s1. The molecule has 1 saturated carbocycles. The molecule has 0 bridgehead atoms. The molecule has 5 rings (SSSR count). The number of hydrogen-bond donors (Lipinski definition) is 0. The minimum absolute atomic E-state index is 0.0477. The monoisotopic (exact) mass is 513 g/mol. The number of benzene rings is 1. The van der Waals surface area contributed by atoms with E-state index in [0.717, 1.165) is 54.5 Å². The molecule has 7 heteroatoms. The lowest BCUT2D eigenvalue weighted by atomic mass is 9.61. The van der Waals surface area contributed by atoms with Crippen molar-refractivity contribution in [3.8, 4) is 6.07 Å². The molecule has 0 radical (unpaired) electrons. The molecule has 0 N–H and O–H groups in total. The van der Waals surface area contributed by atoms with Crippen LogP contribution in [0.4, 0.5) is 0 Å². The third kappa shape index (κ3) is 5.43. The fraction of sp³-hybridized carbons (Fsp3) is 0.714. The third-order valence-electron chi connectivity index (χ3n) is 9.04. The van der Waals surface area contributed by atoms with Crippen molar-refractivity contribution in [3.63, 3.8) is 0 Å². The summed E-state index contributed by atoms with van der Waals surface area (Å²) < 4.78 is 14.3. The molecule has 190 valence electrons. The van der Waals surface area contributed by atoms with E-state index >= 15 is 0 Å². The van der Waals surface area contributed by atoms with Crippen LogP contribution in [0.25, 0.3) is 0 Å². The lowest BCUT2D eigenvalue weighted by Gasteiger charge is -2.55. The van der Waals surface area contributed by atoms with Gasteiger partial charge in [0.1, 0.15) is 10.5 Å². The average Bonchev–Trinajstić information content (AvgIpc) is 3.05. The van der Waals surface area contributed by atoms with Gasteiger partial charge < -0.3 is 14.4 Å². The number of thioether (sulfide) groups is 1. The first kappa shape index (κ1) is 25.5. The van der Waals surface area contributed by atoms with Crippen LogP contribution in [0.1, 0.15) is 57.6 Å². The second-order valence-electron chi connectivity index (χ2n) is 11.1. The molecule has 3 heterocycles. The molecule has 3 aliphatic heterocycles. The Labute approximate surface area is 220 Å². The van der Waals surface area contributed by atoms with Crippen molar-refractivity contribution in [2.45, 2.75) is 70.8 Å². The van der Waals surface area contributed by atoms with Gasteiger partial charge >= 0.3 is 0 Å². The minimum Gasteiger partial charge on any atom is -0.355 e. The Morgan fingerprint density at radius 2 is 1.71 bits per heavy atom. The van der Waals surface area contributed by atoms with Gasteiger partial charge in [-0.2, -0.15) is 5.26 Å². The minimum atomic E-state index is -0.0477. The Bertz CT molecular complexity index is 927. The molecule has 0 aromatic heterocycles. The highest BCUT2D eigenvalue weighted by atomic mass is 32.2.